The summed E-state index contributed by atoms with van der Waals surface area (Å²) >= 11 is 12.1. The number of nitrogens with one attached hydrogen (secondary N) is 1. The summed E-state index contributed by atoms with van der Waals surface area (Å²) in [5.41, 5.74) is 1.06. The van der Waals surface area contributed by atoms with E-state index in [0.717, 1.165) is 38.1 Å². The number of ether oxygens (including phenoxy) is 1. The summed E-state index contributed by atoms with van der Waals surface area (Å²) in [6, 6.07) is 5.87. The van der Waals surface area contributed by atoms with Crippen molar-refractivity contribution in [3.05, 3.63) is 33.8 Å². The standard InChI is InChI=1S/C16H20Cl2N2O2.ClH/c17-13-4-3-11(8-14(13)18)15-2-1-6-20(15)16(21)9-12-10-22-7-5-19-12;/h3-4,8,12,15,19H,1-2,5-7,9-10H2;1H. The molecule has 1 aromatic rings. The van der Waals surface area contributed by atoms with E-state index in [4.69, 9.17) is 27.9 Å². The fraction of sp³-hybridized carbons (Fsp3) is 0.562. The number of nitrogens with zero attached hydrogens (tertiary/aromatic N) is 1. The summed E-state index contributed by atoms with van der Waals surface area (Å²) in [4.78, 5) is 14.6. The van der Waals surface area contributed by atoms with Crippen molar-refractivity contribution < 1.29 is 9.53 Å². The number of hydrogen-bond donors (Lipinski definition) is 1. The van der Waals surface area contributed by atoms with Gasteiger partial charge in [0.05, 0.1) is 29.3 Å². The third-order valence-corrected chi connectivity index (χ3v) is 5.06. The monoisotopic (exact) mass is 378 g/mol. The Labute approximate surface area is 152 Å². The highest BCUT2D eigenvalue weighted by Crippen LogP contribution is 2.35. The largest absolute Gasteiger partial charge is 0.378 e. The zero-order valence-corrected chi connectivity index (χ0v) is 15.1. The molecule has 128 valence electrons. The number of morpholine rings is 1. The molecule has 0 spiro atoms. The van der Waals surface area contributed by atoms with Gasteiger partial charge in [-0.1, -0.05) is 29.3 Å². The fourth-order valence-electron chi connectivity index (χ4n) is 3.21. The van der Waals surface area contributed by atoms with Gasteiger partial charge in [-0.25, -0.2) is 0 Å². The second-order valence-electron chi connectivity index (χ2n) is 5.85. The molecule has 2 fully saturated rings. The van der Waals surface area contributed by atoms with Crippen LogP contribution in [0.15, 0.2) is 18.2 Å². The van der Waals surface area contributed by atoms with Crippen LogP contribution in [0.5, 0.6) is 0 Å². The average Bonchev–Trinajstić information content (AvgIpc) is 3.01. The van der Waals surface area contributed by atoms with Crippen molar-refractivity contribution in [3.63, 3.8) is 0 Å². The maximum Gasteiger partial charge on any atom is 0.224 e. The van der Waals surface area contributed by atoms with Crippen LogP contribution in [0.25, 0.3) is 0 Å². The number of likely N-dealkylation sites (tertiary alicyclic amines) is 1. The lowest BCUT2D eigenvalue weighted by molar-refractivity contribution is -0.133. The molecule has 4 nitrogen and oxygen atoms in total. The first-order valence-electron chi connectivity index (χ1n) is 7.70. The molecule has 0 bridgehead atoms. The number of hydrogen-bond acceptors (Lipinski definition) is 3. The minimum atomic E-state index is 0. The molecule has 0 aliphatic carbocycles. The zero-order chi connectivity index (χ0) is 15.5. The smallest absolute Gasteiger partial charge is 0.224 e. The molecule has 2 saturated heterocycles. The summed E-state index contributed by atoms with van der Waals surface area (Å²) in [7, 11) is 0. The van der Waals surface area contributed by atoms with E-state index >= 15 is 0 Å². The van der Waals surface area contributed by atoms with Crippen molar-refractivity contribution in [2.24, 2.45) is 0 Å². The third kappa shape index (κ3) is 4.52. The van der Waals surface area contributed by atoms with Crippen LogP contribution in [0.4, 0.5) is 0 Å². The van der Waals surface area contributed by atoms with Gasteiger partial charge in [-0.05, 0) is 30.5 Å². The molecule has 2 heterocycles. The molecule has 0 aromatic heterocycles. The van der Waals surface area contributed by atoms with E-state index < -0.39 is 0 Å². The molecule has 7 heteroatoms. The summed E-state index contributed by atoms with van der Waals surface area (Å²) in [5.74, 6) is 0.177. The maximum atomic E-state index is 12.6. The molecule has 2 aliphatic heterocycles. The van der Waals surface area contributed by atoms with E-state index in [1.54, 1.807) is 6.07 Å². The Morgan fingerprint density at radius 3 is 2.87 bits per heavy atom. The van der Waals surface area contributed by atoms with Gasteiger partial charge in [0, 0.05) is 25.6 Å². The van der Waals surface area contributed by atoms with Gasteiger partial charge in [-0.2, -0.15) is 0 Å². The maximum absolute atomic E-state index is 12.6. The first-order chi connectivity index (χ1) is 10.6. The molecule has 2 atom stereocenters. The quantitative estimate of drug-likeness (QED) is 0.874. The van der Waals surface area contributed by atoms with Gasteiger partial charge in [-0.3, -0.25) is 4.79 Å². The van der Waals surface area contributed by atoms with Crippen LogP contribution in [0, 0.1) is 0 Å². The van der Waals surface area contributed by atoms with Crippen LogP contribution in [0.2, 0.25) is 10.0 Å². The lowest BCUT2D eigenvalue weighted by Gasteiger charge is -2.29. The number of carbonyl (C=O) groups is 1. The van der Waals surface area contributed by atoms with Gasteiger partial charge < -0.3 is 15.0 Å². The van der Waals surface area contributed by atoms with Gasteiger partial charge in [-0.15, -0.1) is 12.4 Å². The van der Waals surface area contributed by atoms with E-state index in [0.29, 0.717) is 23.1 Å². The molecule has 2 unspecified atom stereocenters. The topological polar surface area (TPSA) is 41.6 Å². The average molecular weight is 380 g/mol. The van der Waals surface area contributed by atoms with Crippen LogP contribution in [0.3, 0.4) is 0 Å². The van der Waals surface area contributed by atoms with Gasteiger partial charge in [0.15, 0.2) is 0 Å². The molecule has 0 radical (unpaired) electrons. The normalized spacial score (nSPS) is 24.3. The Balaban J connectivity index is 0.00000192. The van der Waals surface area contributed by atoms with Crippen molar-refractivity contribution in [2.75, 3.05) is 26.3 Å². The molecule has 3 rings (SSSR count). The highest BCUT2D eigenvalue weighted by Gasteiger charge is 2.31. The minimum Gasteiger partial charge on any atom is -0.378 e. The van der Waals surface area contributed by atoms with Crippen LogP contribution >= 0.6 is 35.6 Å². The van der Waals surface area contributed by atoms with Crippen LogP contribution in [-0.4, -0.2) is 43.2 Å². The second kappa shape index (κ2) is 8.54. The lowest BCUT2D eigenvalue weighted by atomic mass is 10.0. The highest BCUT2D eigenvalue weighted by molar-refractivity contribution is 6.42. The Morgan fingerprint density at radius 1 is 1.35 bits per heavy atom. The number of halogens is 3. The molecule has 0 saturated carbocycles. The van der Waals surface area contributed by atoms with Gasteiger partial charge >= 0.3 is 0 Å². The second-order valence-corrected chi connectivity index (χ2v) is 6.66. The van der Waals surface area contributed by atoms with Crippen molar-refractivity contribution in [1.82, 2.24) is 10.2 Å². The van der Waals surface area contributed by atoms with Crippen LogP contribution < -0.4 is 5.32 Å². The molecule has 1 aromatic carbocycles. The number of carbonyl (C=O) groups excluding carboxylic acids is 1. The van der Waals surface area contributed by atoms with Crippen LogP contribution in [0.1, 0.15) is 30.9 Å². The van der Waals surface area contributed by atoms with Crippen molar-refractivity contribution >= 4 is 41.5 Å². The number of amides is 1. The highest BCUT2D eigenvalue weighted by atomic mass is 35.5. The van der Waals surface area contributed by atoms with E-state index in [1.807, 2.05) is 17.0 Å². The van der Waals surface area contributed by atoms with Gasteiger partial charge in [0.25, 0.3) is 0 Å². The van der Waals surface area contributed by atoms with Crippen molar-refractivity contribution in [3.8, 4) is 0 Å². The molecular weight excluding hydrogens is 359 g/mol. The third-order valence-electron chi connectivity index (χ3n) is 4.32. The van der Waals surface area contributed by atoms with E-state index in [9.17, 15) is 4.79 Å². The molecule has 23 heavy (non-hydrogen) atoms. The Hall–Kier alpha value is -0.520. The van der Waals surface area contributed by atoms with E-state index in [1.165, 1.54) is 0 Å². The van der Waals surface area contributed by atoms with E-state index in [-0.39, 0.29) is 30.4 Å². The van der Waals surface area contributed by atoms with E-state index in [2.05, 4.69) is 5.32 Å². The SMILES string of the molecule is Cl.O=C(CC1COCCN1)N1CCCC1c1ccc(Cl)c(Cl)c1. The Bertz CT molecular complexity index is 550. The van der Waals surface area contributed by atoms with Gasteiger partial charge in [0.2, 0.25) is 5.91 Å². The first-order valence-corrected chi connectivity index (χ1v) is 8.46. The minimum absolute atomic E-state index is 0. The Kier molecular flexibility index (Phi) is 6.99. The summed E-state index contributed by atoms with van der Waals surface area (Å²) in [6.45, 7) is 2.95. The molecule has 1 amide bonds. The summed E-state index contributed by atoms with van der Waals surface area (Å²) < 4.78 is 5.42. The number of rotatable bonds is 3. The predicted molar refractivity (Wildman–Crippen MR) is 94.6 cm³/mol. The first kappa shape index (κ1) is 18.8. The molecule has 1 N–H and O–H groups in total. The zero-order valence-electron chi connectivity index (χ0n) is 12.8. The molecular formula is C16H21Cl3N2O2. The fourth-order valence-corrected chi connectivity index (χ4v) is 3.52. The summed E-state index contributed by atoms with van der Waals surface area (Å²) in [6.07, 6.45) is 2.47. The van der Waals surface area contributed by atoms with Crippen LogP contribution in [-0.2, 0) is 9.53 Å². The predicted octanol–water partition coefficient (Wildman–Crippen LogP) is 3.46. The van der Waals surface area contributed by atoms with Crippen molar-refractivity contribution in [1.29, 1.82) is 0 Å². The lowest BCUT2D eigenvalue weighted by Crippen LogP contribution is -2.45. The molecule has 2 aliphatic rings. The van der Waals surface area contributed by atoms with Gasteiger partial charge in [0.1, 0.15) is 0 Å². The number of benzene rings is 1. The van der Waals surface area contributed by atoms with Crippen molar-refractivity contribution in [2.45, 2.75) is 31.3 Å². The Morgan fingerprint density at radius 2 is 2.17 bits per heavy atom. The summed E-state index contributed by atoms with van der Waals surface area (Å²) in [5, 5.41) is 4.42.